The van der Waals surface area contributed by atoms with Crippen molar-refractivity contribution in [3.05, 3.63) is 30.2 Å². The first-order valence-electron chi connectivity index (χ1n) is 3.59. The van der Waals surface area contributed by atoms with Crippen molar-refractivity contribution in [3.63, 3.8) is 0 Å². The summed E-state index contributed by atoms with van der Waals surface area (Å²) in [6.45, 7) is 2.01. The second-order valence-corrected chi connectivity index (χ2v) is 2.35. The quantitative estimate of drug-likeness (QED) is 0.579. The standard InChI is InChI=1S/C9H11O/c1-2-5-9(10)8-6-3-4-7-8/h3-4,6-7H,2,5H2,1H3. The van der Waals surface area contributed by atoms with E-state index < -0.39 is 0 Å². The van der Waals surface area contributed by atoms with Gasteiger partial charge in [-0.2, -0.15) is 0 Å². The molecule has 53 valence electrons. The molecular formula is C9H11O. The van der Waals surface area contributed by atoms with Crippen LogP contribution in [0.25, 0.3) is 0 Å². The molecule has 0 heterocycles. The van der Waals surface area contributed by atoms with Gasteiger partial charge in [0.15, 0.2) is 5.78 Å². The zero-order valence-corrected chi connectivity index (χ0v) is 6.13. The monoisotopic (exact) mass is 135 g/mol. The molecule has 0 bridgehead atoms. The van der Waals surface area contributed by atoms with Crippen LogP contribution in [0.5, 0.6) is 0 Å². The number of hydrogen-bond acceptors (Lipinski definition) is 1. The lowest BCUT2D eigenvalue weighted by Crippen LogP contribution is -1.99. The van der Waals surface area contributed by atoms with E-state index in [9.17, 15) is 4.79 Å². The minimum Gasteiger partial charge on any atom is -0.295 e. The van der Waals surface area contributed by atoms with Gasteiger partial charge in [0.2, 0.25) is 0 Å². The third kappa shape index (κ3) is 1.56. The highest BCUT2D eigenvalue weighted by Gasteiger charge is 2.08. The first-order chi connectivity index (χ1) is 4.84. The van der Waals surface area contributed by atoms with E-state index in [4.69, 9.17) is 0 Å². The molecule has 1 nitrogen and oxygen atoms in total. The summed E-state index contributed by atoms with van der Waals surface area (Å²) in [5.74, 6) is 0.257. The van der Waals surface area contributed by atoms with Gasteiger partial charge in [-0.1, -0.05) is 25.2 Å². The van der Waals surface area contributed by atoms with Crippen LogP contribution in [0.4, 0.5) is 0 Å². The first kappa shape index (κ1) is 7.26. The van der Waals surface area contributed by atoms with Crippen molar-refractivity contribution < 1.29 is 4.79 Å². The predicted molar refractivity (Wildman–Crippen MR) is 41.4 cm³/mol. The molecule has 0 amide bonds. The number of ketones is 1. The van der Waals surface area contributed by atoms with Crippen molar-refractivity contribution >= 4 is 5.78 Å². The lowest BCUT2D eigenvalue weighted by molar-refractivity contribution is -0.115. The van der Waals surface area contributed by atoms with E-state index in [0.29, 0.717) is 6.42 Å². The summed E-state index contributed by atoms with van der Waals surface area (Å²) < 4.78 is 0. The molecule has 0 aromatic carbocycles. The fourth-order valence-corrected chi connectivity index (χ4v) is 0.931. The fourth-order valence-electron chi connectivity index (χ4n) is 0.931. The lowest BCUT2D eigenvalue weighted by atomic mass is 10.1. The Morgan fingerprint density at radius 3 is 2.80 bits per heavy atom. The van der Waals surface area contributed by atoms with Crippen LogP contribution in [-0.2, 0) is 4.79 Å². The zero-order chi connectivity index (χ0) is 7.40. The highest BCUT2D eigenvalue weighted by molar-refractivity contribution is 5.98. The van der Waals surface area contributed by atoms with Crippen LogP contribution in [0.1, 0.15) is 19.8 Å². The molecule has 0 saturated heterocycles. The van der Waals surface area contributed by atoms with Crippen molar-refractivity contribution in [2.24, 2.45) is 0 Å². The fraction of sp³-hybridized carbons (Fsp3) is 0.333. The first-order valence-corrected chi connectivity index (χ1v) is 3.59. The Hall–Kier alpha value is -0.850. The van der Waals surface area contributed by atoms with E-state index in [1.807, 2.05) is 31.6 Å². The van der Waals surface area contributed by atoms with Gasteiger partial charge in [0.25, 0.3) is 0 Å². The molecule has 1 rings (SSSR count). The second-order valence-electron chi connectivity index (χ2n) is 2.35. The maximum atomic E-state index is 11.1. The van der Waals surface area contributed by atoms with Crippen LogP contribution < -0.4 is 0 Å². The summed E-state index contributed by atoms with van der Waals surface area (Å²) in [6, 6.07) is 0. The average Bonchev–Trinajstić information content (AvgIpc) is 2.38. The van der Waals surface area contributed by atoms with Gasteiger partial charge in [-0.25, -0.2) is 0 Å². The zero-order valence-electron chi connectivity index (χ0n) is 6.13. The minimum atomic E-state index is 0.257. The van der Waals surface area contributed by atoms with Gasteiger partial charge in [-0.15, -0.1) is 0 Å². The number of hydrogen-bond donors (Lipinski definition) is 0. The third-order valence-electron chi connectivity index (χ3n) is 1.46. The molecule has 0 unspecified atom stereocenters. The number of carbonyl (C=O) groups is 1. The number of allylic oxidation sites excluding steroid dienone is 4. The molecule has 0 saturated carbocycles. The Labute approximate surface area is 61.4 Å². The van der Waals surface area contributed by atoms with E-state index in [2.05, 4.69) is 0 Å². The van der Waals surface area contributed by atoms with E-state index in [-0.39, 0.29) is 5.78 Å². The highest BCUT2D eigenvalue weighted by Crippen LogP contribution is 2.12. The van der Waals surface area contributed by atoms with Gasteiger partial charge < -0.3 is 0 Å². The normalized spacial score (nSPS) is 15.5. The van der Waals surface area contributed by atoms with Gasteiger partial charge in [-0.3, -0.25) is 4.79 Å². The molecule has 0 fully saturated rings. The van der Waals surface area contributed by atoms with Gasteiger partial charge >= 0.3 is 0 Å². The Bertz CT molecular complexity index is 187. The predicted octanol–water partition coefficient (Wildman–Crippen LogP) is 2.06. The molecule has 1 heteroatoms. The van der Waals surface area contributed by atoms with Crippen LogP contribution in [0, 0.1) is 6.42 Å². The summed E-state index contributed by atoms with van der Waals surface area (Å²) in [6.07, 6.45) is 9.11. The molecule has 1 aliphatic rings. The topological polar surface area (TPSA) is 17.1 Å². The maximum absolute atomic E-state index is 11.1. The van der Waals surface area contributed by atoms with Crippen LogP contribution in [0.15, 0.2) is 23.8 Å². The summed E-state index contributed by atoms with van der Waals surface area (Å²) in [5, 5.41) is 0. The van der Waals surface area contributed by atoms with Gasteiger partial charge in [-0.05, 0) is 6.42 Å². The van der Waals surface area contributed by atoms with Crippen molar-refractivity contribution in [1.29, 1.82) is 0 Å². The van der Waals surface area contributed by atoms with Crippen LogP contribution in [0.2, 0.25) is 0 Å². The Kier molecular flexibility index (Phi) is 2.43. The van der Waals surface area contributed by atoms with Gasteiger partial charge in [0.1, 0.15) is 0 Å². The molecule has 1 aliphatic carbocycles. The van der Waals surface area contributed by atoms with Crippen LogP contribution in [0.3, 0.4) is 0 Å². The summed E-state index contributed by atoms with van der Waals surface area (Å²) in [7, 11) is 0. The Balaban J connectivity index is 2.43. The molecule has 10 heavy (non-hydrogen) atoms. The summed E-state index contributed by atoms with van der Waals surface area (Å²) in [4.78, 5) is 11.1. The smallest absolute Gasteiger partial charge is 0.159 e. The second kappa shape index (κ2) is 3.35. The number of Topliss-reactive ketones (excluding diaryl/α,β-unsaturated/α-hetero) is 1. The van der Waals surface area contributed by atoms with E-state index in [1.54, 1.807) is 0 Å². The van der Waals surface area contributed by atoms with E-state index in [0.717, 1.165) is 12.0 Å². The van der Waals surface area contributed by atoms with Crippen molar-refractivity contribution in [2.45, 2.75) is 19.8 Å². The molecule has 1 radical (unpaired) electrons. The molecule has 0 aliphatic heterocycles. The van der Waals surface area contributed by atoms with Crippen LogP contribution >= 0.6 is 0 Å². The van der Waals surface area contributed by atoms with E-state index in [1.165, 1.54) is 0 Å². The molecule has 0 aromatic heterocycles. The average molecular weight is 135 g/mol. The lowest BCUT2D eigenvalue weighted by Gasteiger charge is -1.96. The van der Waals surface area contributed by atoms with Crippen molar-refractivity contribution in [1.82, 2.24) is 0 Å². The number of rotatable bonds is 3. The molecular weight excluding hydrogens is 124 g/mol. The van der Waals surface area contributed by atoms with Crippen molar-refractivity contribution in [2.75, 3.05) is 0 Å². The number of carbonyl (C=O) groups excluding carboxylic acids is 1. The van der Waals surface area contributed by atoms with E-state index >= 15 is 0 Å². The highest BCUT2D eigenvalue weighted by atomic mass is 16.1. The summed E-state index contributed by atoms with van der Waals surface area (Å²) in [5.41, 5.74) is 0.849. The molecule has 0 spiro atoms. The Morgan fingerprint density at radius 2 is 2.30 bits per heavy atom. The van der Waals surface area contributed by atoms with Crippen LogP contribution in [-0.4, -0.2) is 5.78 Å². The largest absolute Gasteiger partial charge is 0.295 e. The van der Waals surface area contributed by atoms with Gasteiger partial charge in [0, 0.05) is 18.4 Å². The molecule has 0 atom stereocenters. The minimum absolute atomic E-state index is 0.257. The Morgan fingerprint density at radius 1 is 1.50 bits per heavy atom. The third-order valence-corrected chi connectivity index (χ3v) is 1.46. The van der Waals surface area contributed by atoms with Gasteiger partial charge in [0.05, 0.1) is 0 Å². The molecule has 0 N–H and O–H groups in total. The van der Waals surface area contributed by atoms with Crippen molar-refractivity contribution in [3.8, 4) is 0 Å². The molecule has 0 aromatic rings. The summed E-state index contributed by atoms with van der Waals surface area (Å²) >= 11 is 0. The maximum Gasteiger partial charge on any atom is 0.159 e. The SMILES string of the molecule is CCCC(=O)C1=CC=C[CH]1.